The molecule has 0 bridgehead atoms. The third-order valence-electron chi connectivity index (χ3n) is 3.57. The fraction of sp³-hybridized carbons (Fsp3) is 0.294. The molecule has 27 heavy (non-hydrogen) atoms. The molecular formula is C17H20N2O7S. The van der Waals surface area contributed by atoms with Crippen LogP contribution in [0.3, 0.4) is 0 Å². The molecule has 0 heterocycles. The molecule has 0 N–H and O–H groups in total. The number of nitro groups is 1. The van der Waals surface area contributed by atoms with Crippen LogP contribution >= 0.6 is 0 Å². The minimum Gasteiger partial charge on any atom is -0.493 e. The summed E-state index contributed by atoms with van der Waals surface area (Å²) in [5.74, 6) is 1.09. The Balaban J connectivity index is 1.94. The third-order valence-corrected chi connectivity index (χ3v) is 5.40. The van der Waals surface area contributed by atoms with Crippen LogP contribution in [0.1, 0.15) is 0 Å². The monoisotopic (exact) mass is 396 g/mol. The van der Waals surface area contributed by atoms with E-state index in [1.54, 1.807) is 12.1 Å². The van der Waals surface area contributed by atoms with E-state index >= 15 is 0 Å². The maximum absolute atomic E-state index is 12.0. The molecule has 0 aliphatic carbocycles. The number of non-ortho nitro benzene ring substituents is 1. The highest BCUT2D eigenvalue weighted by Crippen LogP contribution is 2.31. The van der Waals surface area contributed by atoms with Crippen LogP contribution in [0.15, 0.2) is 47.4 Å². The van der Waals surface area contributed by atoms with Crippen molar-refractivity contribution in [2.24, 2.45) is 0 Å². The zero-order valence-electron chi connectivity index (χ0n) is 15.1. The molecule has 0 saturated carbocycles. The van der Waals surface area contributed by atoms with Gasteiger partial charge in [-0.2, -0.15) is 0 Å². The summed E-state index contributed by atoms with van der Waals surface area (Å²) in [5, 5.41) is 10.8. The molecule has 0 amide bonds. The van der Waals surface area contributed by atoms with E-state index in [1.165, 1.54) is 51.5 Å². The van der Waals surface area contributed by atoms with Crippen molar-refractivity contribution in [1.29, 1.82) is 0 Å². The summed E-state index contributed by atoms with van der Waals surface area (Å²) in [4.78, 5) is 10.5. The Morgan fingerprint density at radius 3 is 2.19 bits per heavy atom. The first kappa shape index (κ1) is 20.5. The molecule has 0 aromatic heterocycles. The lowest BCUT2D eigenvalue weighted by molar-refractivity contribution is -0.385. The first-order valence-corrected chi connectivity index (χ1v) is 9.30. The summed E-state index contributed by atoms with van der Waals surface area (Å²) in [7, 11) is 0.864. The second kappa shape index (κ2) is 8.69. The fourth-order valence-corrected chi connectivity index (χ4v) is 3.02. The Bertz CT molecular complexity index is 896. The Kier molecular flexibility index (Phi) is 6.59. The van der Waals surface area contributed by atoms with Gasteiger partial charge in [-0.3, -0.25) is 10.1 Å². The van der Waals surface area contributed by atoms with E-state index in [1.807, 2.05) is 0 Å². The summed E-state index contributed by atoms with van der Waals surface area (Å²) in [6.07, 6.45) is 0. The molecule has 2 aromatic carbocycles. The van der Waals surface area contributed by atoms with Crippen molar-refractivity contribution in [1.82, 2.24) is 4.31 Å². The number of rotatable bonds is 9. The van der Waals surface area contributed by atoms with E-state index in [9.17, 15) is 18.5 Å². The number of nitrogens with zero attached hydrogens (tertiary/aromatic N) is 2. The first-order valence-electron chi connectivity index (χ1n) is 7.86. The smallest absolute Gasteiger partial charge is 0.273 e. The predicted molar refractivity (Wildman–Crippen MR) is 98.0 cm³/mol. The largest absolute Gasteiger partial charge is 0.493 e. The van der Waals surface area contributed by atoms with Crippen LogP contribution in [0, 0.1) is 10.1 Å². The van der Waals surface area contributed by atoms with E-state index in [-0.39, 0.29) is 29.5 Å². The summed E-state index contributed by atoms with van der Waals surface area (Å²) in [5.41, 5.74) is -0.107. The minimum absolute atomic E-state index is 0.107. The number of methoxy groups -OCH3 is 1. The van der Waals surface area contributed by atoms with E-state index in [0.29, 0.717) is 11.5 Å². The van der Waals surface area contributed by atoms with Crippen LogP contribution in [-0.2, 0) is 10.0 Å². The Hall–Kier alpha value is -2.85. The first-order chi connectivity index (χ1) is 12.8. The molecule has 0 unspecified atom stereocenters. The van der Waals surface area contributed by atoms with Gasteiger partial charge in [-0.05, 0) is 30.3 Å². The van der Waals surface area contributed by atoms with Gasteiger partial charge in [-0.15, -0.1) is 0 Å². The van der Waals surface area contributed by atoms with Gasteiger partial charge in [-0.1, -0.05) is 0 Å². The Morgan fingerprint density at radius 1 is 1.00 bits per heavy atom. The van der Waals surface area contributed by atoms with Crippen molar-refractivity contribution >= 4 is 15.7 Å². The van der Waals surface area contributed by atoms with Crippen LogP contribution in [0.2, 0.25) is 0 Å². The SMILES string of the molecule is COc1ccc([N+](=O)[O-])cc1OCCOc1ccc(S(=O)(=O)N(C)C)cc1. The molecule has 0 spiro atoms. The average Bonchev–Trinajstić information content (AvgIpc) is 2.65. The highest BCUT2D eigenvalue weighted by molar-refractivity contribution is 7.89. The lowest BCUT2D eigenvalue weighted by Crippen LogP contribution is -2.22. The van der Waals surface area contributed by atoms with Crippen molar-refractivity contribution < 1.29 is 27.6 Å². The third kappa shape index (κ3) is 5.08. The van der Waals surface area contributed by atoms with E-state index in [2.05, 4.69) is 0 Å². The van der Waals surface area contributed by atoms with Gasteiger partial charge in [0.1, 0.15) is 19.0 Å². The van der Waals surface area contributed by atoms with Crippen molar-refractivity contribution in [3.63, 3.8) is 0 Å². The summed E-state index contributed by atoms with van der Waals surface area (Å²) < 4.78 is 41.2. The van der Waals surface area contributed by atoms with Gasteiger partial charge in [-0.25, -0.2) is 12.7 Å². The number of hydrogen-bond acceptors (Lipinski definition) is 7. The molecule has 9 nitrogen and oxygen atoms in total. The number of sulfonamides is 1. The molecule has 2 aromatic rings. The van der Waals surface area contributed by atoms with Crippen molar-refractivity contribution in [2.75, 3.05) is 34.4 Å². The highest BCUT2D eigenvalue weighted by atomic mass is 32.2. The van der Waals surface area contributed by atoms with Crippen LogP contribution < -0.4 is 14.2 Å². The zero-order valence-corrected chi connectivity index (χ0v) is 15.9. The molecule has 0 saturated heterocycles. The molecular weight excluding hydrogens is 376 g/mol. The van der Waals surface area contributed by atoms with Gasteiger partial charge >= 0.3 is 0 Å². The van der Waals surface area contributed by atoms with E-state index < -0.39 is 14.9 Å². The molecule has 0 aliphatic heterocycles. The minimum atomic E-state index is -3.49. The molecule has 0 fully saturated rings. The normalized spacial score (nSPS) is 11.3. The lowest BCUT2D eigenvalue weighted by atomic mass is 10.3. The molecule has 0 aliphatic rings. The Morgan fingerprint density at radius 2 is 1.63 bits per heavy atom. The molecule has 0 radical (unpaired) electrons. The quantitative estimate of drug-likeness (QED) is 0.363. The van der Waals surface area contributed by atoms with Gasteiger partial charge in [0.15, 0.2) is 11.5 Å². The number of nitro benzene ring substituents is 1. The second-order valence-electron chi connectivity index (χ2n) is 5.55. The highest BCUT2D eigenvalue weighted by Gasteiger charge is 2.16. The van der Waals surface area contributed by atoms with Gasteiger partial charge in [0.05, 0.1) is 23.0 Å². The zero-order chi connectivity index (χ0) is 20.0. The van der Waals surface area contributed by atoms with Crippen LogP contribution in [-0.4, -0.2) is 52.1 Å². The maximum atomic E-state index is 12.0. The van der Waals surface area contributed by atoms with E-state index in [4.69, 9.17) is 14.2 Å². The van der Waals surface area contributed by atoms with Gasteiger partial charge in [0.2, 0.25) is 10.0 Å². The van der Waals surface area contributed by atoms with Gasteiger partial charge in [0, 0.05) is 20.2 Å². The van der Waals surface area contributed by atoms with Gasteiger partial charge < -0.3 is 14.2 Å². The maximum Gasteiger partial charge on any atom is 0.273 e. The van der Waals surface area contributed by atoms with Crippen LogP contribution in [0.5, 0.6) is 17.2 Å². The van der Waals surface area contributed by atoms with E-state index in [0.717, 1.165) is 4.31 Å². The number of benzene rings is 2. The predicted octanol–water partition coefficient (Wildman–Crippen LogP) is 2.31. The number of hydrogen-bond donors (Lipinski definition) is 0. The lowest BCUT2D eigenvalue weighted by Gasteiger charge is -2.13. The van der Waals surface area contributed by atoms with Crippen molar-refractivity contribution in [3.05, 3.63) is 52.6 Å². The van der Waals surface area contributed by atoms with Crippen molar-refractivity contribution in [2.45, 2.75) is 4.90 Å². The van der Waals surface area contributed by atoms with Crippen molar-refractivity contribution in [3.8, 4) is 17.2 Å². The molecule has 146 valence electrons. The molecule has 2 rings (SSSR count). The fourth-order valence-electron chi connectivity index (χ4n) is 2.12. The van der Waals surface area contributed by atoms with Gasteiger partial charge in [0.25, 0.3) is 5.69 Å². The molecule has 10 heteroatoms. The summed E-state index contributed by atoms with van der Waals surface area (Å²) in [6.45, 7) is 0.279. The second-order valence-corrected chi connectivity index (χ2v) is 7.70. The van der Waals surface area contributed by atoms with Crippen LogP contribution in [0.4, 0.5) is 5.69 Å². The topological polar surface area (TPSA) is 108 Å². The average molecular weight is 396 g/mol. The standard InChI is InChI=1S/C17H20N2O7S/c1-18(2)27(22,23)15-7-5-14(6-8-15)25-10-11-26-17-12-13(19(20)21)4-9-16(17)24-3/h4-9,12H,10-11H2,1-3H3. The summed E-state index contributed by atoms with van der Waals surface area (Å²) >= 11 is 0. The Labute approximate surface area is 157 Å². The number of ether oxygens (including phenoxy) is 3. The van der Waals surface area contributed by atoms with Crippen LogP contribution in [0.25, 0.3) is 0 Å². The summed E-state index contributed by atoms with van der Waals surface area (Å²) in [6, 6.07) is 10.1. The molecule has 0 atom stereocenters.